The van der Waals surface area contributed by atoms with E-state index in [9.17, 15) is 4.79 Å². The number of rotatable bonds is 6. The van der Waals surface area contributed by atoms with Crippen LogP contribution in [0.2, 0.25) is 0 Å². The molecule has 0 radical (unpaired) electrons. The molecule has 2 N–H and O–H groups in total. The monoisotopic (exact) mass is 248 g/mol. The molecule has 0 aromatic heterocycles. The van der Waals surface area contributed by atoms with E-state index in [1.165, 1.54) is 0 Å². The van der Waals surface area contributed by atoms with Crippen molar-refractivity contribution < 1.29 is 14.3 Å². The number of ether oxygens (including phenoxy) is 2. The SMILES string of the molecule is CCOC(=O)COc1cccc(CC(N)C#N)c1. The third kappa shape index (κ3) is 4.85. The molecule has 0 aliphatic carbocycles. The van der Waals surface area contributed by atoms with E-state index in [4.69, 9.17) is 20.5 Å². The van der Waals surface area contributed by atoms with Crippen LogP contribution in [0.3, 0.4) is 0 Å². The highest BCUT2D eigenvalue weighted by Crippen LogP contribution is 2.14. The lowest BCUT2D eigenvalue weighted by molar-refractivity contribution is -0.145. The molecule has 5 nitrogen and oxygen atoms in total. The van der Waals surface area contributed by atoms with Gasteiger partial charge in [-0.15, -0.1) is 0 Å². The molecular formula is C13H16N2O3. The van der Waals surface area contributed by atoms with Crippen LogP contribution in [0, 0.1) is 11.3 Å². The van der Waals surface area contributed by atoms with Gasteiger partial charge in [0.2, 0.25) is 0 Å². The van der Waals surface area contributed by atoms with Crippen LogP contribution in [-0.4, -0.2) is 25.2 Å². The number of carbonyl (C=O) groups excluding carboxylic acids is 1. The van der Waals surface area contributed by atoms with Crippen molar-refractivity contribution in [3.63, 3.8) is 0 Å². The van der Waals surface area contributed by atoms with Gasteiger partial charge in [0.25, 0.3) is 0 Å². The fourth-order valence-corrected chi connectivity index (χ4v) is 1.41. The highest BCUT2D eigenvalue weighted by molar-refractivity contribution is 5.71. The Morgan fingerprint density at radius 1 is 1.56 bits per heavy atom. The van der Waals surface area contributed by atoms with E-state index >= 15 is 0 Å². The van der Waals surface area contributed by atoms with Crippen molar-refractivity contribution in [2.75, 3.05) is 13.2 Å². The van der Waals surface area contributed by atoms with Crippen LogP contribution in [0.5, 0.6) is 5.75 Å². The van der Waals surface area contributed by atoms with Crippen LogP contribution in [0.4, 0.5) is 0 Å². The number of carbonyl (C=O) groups is 1. The Morgan fingerprint density at radius 3 is 3.00 bits per heavy atom. The van der Waals surface area contributed by atoms with Crippen molar-refractivity contribution in [1.82, 2.24) is 0 Å². The van der Waals surface area contributed by atoms with Gasteiger partial charge in [-0.25, -0.2) is 4.79 Å². The second-order valence-electron chi connectivity index (χ2n) is 3.68. The number of nitriles is 1. The van der Waals surface area contributed by atoms with E-state index < -0.39 is 12.0 Å². The van der Waals surface area contributed by atoms with E-state index in [0.717, 1.165) is 5.56 Å². The van der Waals surface area contributed by atoms with E-state index in [0.29, 0.717) is 18.8 Å². The summed E-state index contributed by atoms with van der Waals surface area (Å²) in [5, 5.41) is 8.63. The van der Waals surface area contributed by atoms with Crippen molar-refractivity contribution >= 4 is 5.97 Å². The van der Waals surface area contributed by atoms with Crippen molar-refractivity contribution in [2.45, 2.75) is 19.4 Å². The van der Waals surface area contributed by atoms with E-state index in [1.54, 1.807) is 25.1 Å². The summed E-state index contributed by atoms with van der Waals surface area (Å²) in [4.78, 5) is 11.1. The molecular weight excluding hydrogens is 232 g/mol. The molecule has 1 atom stereocenters. The zero-order chi connectivity index (χ0) is 13.4. The summed E-state index contributed by atoms with van der Waals surface area (Å²) < 4.78 is 10.0. The summed E-state index contributed by atoms with van der Waals surface area (Å²) in [5.74, 6) is 0.155. The summed E-state index contributed by atoms with van der Waals surface area (Å²) in [6.07, 6.45) is 0.451. The summed E-state index contributed by atoms with van der Waals surface area (Å²) in [5.41, 5.74) is 6.43. The Kier molecular flexibility index (Phi) is 5.68. The van der Waals surface area contributed by atoms with E-state index in [-0.39, 0.29) is 6.61 Å². The topological polar surface area (TPSA) is 85.3 Å². The molecule has 0 aliphatic heterocycles. The fraction of sp³-hybridized carbons (Fsp3) is 0.385. The number of hydrogen-bond acceptors (Lipinski definition) is 5. The Labute approximate surface area is 106 Å². The molecule has 0 heterocycles. The normalized spacial score (nSPS) is 11.4. The number of nitrogens with two attached hydrogens (primary N) is 1. The maximum atomic E-state index is 11.1. The second kappa shape index (κ2) is 7.30. The average Bonchev–Trinajstić information content (AvgIpc) is 2.37. The largest absolute Gasteiger partial charge is 0.482 e. The first-order valence-corrected chi connectivity index (χ1v) is 5.68. The Bertz CT molecular complexity index is 440. The molecule has 0 saturated carbocycles. The minimum atomic E-state index is -0.537. The molecule has 1 rings (SSSR count). The first-order valence-electron chi connectivity index (χ1n) is 5.68. The molecule has 0 aliphatic rings. The minimum Gasteiger partial charge on any atom is -0.482 e. The van der Waals surface area contributed by atoms with Gasteiger partial charge < -0.3 is 15.2 Å². The second-order valence-corrected chi connectivity index (χ2v) is 3.68. The van der Waals surface area contributed by atoms with Gasteiger partial charge in [-0.3, -0.25) is 0 Å². The molecule has 0 spiro atoms. The minimum absolute atomic E-state index is 0.123. The van der Waals surface area contributed by atoms with Crippen LogP contribution in [-0.2, 0) is 16.0 Å². The zero-order valence-electron chi connectivity index (χ0n) is 10.3. The van der Waals surface area contributed by atoms with Crippen molar-refractivity contribution in [2.24, 2.45) is 5.73 Å². The molecule has 18 heavy (non-hydrogen) atoms. The highest BCUT2D eigenvalue weighted by atomic mass is 16.6. The van der Waals surface area contributed by atoms with Crippen LogP contribution in [0.25, 0.3) is 0 Å². The molecule has 5 heteroatoms. The van der Waals surface area contributed by atoms with Gasteiger partial charge in [0.05, 0.1) is 18.7 Å². The molecule has 1 aromatic rings. The average molecular weight is 248 g/mol. The van der Waals surface area contributed by atoms with Crippen LogP contribution >= 0.6 is 0 Å². The maximum absolute atomic E-state index is 11.1. The van der Waals surface area contributed by atoms with Gasteiger partial charge in [-0.2, -0.15) is 5.26 Å². The molecule has 0 bridgehead atoms. The van der Waals surface area contributed by atoms with Gasteiger partial charge in [0, 0.05) is 6.42 Å². The lowest BCUT2D eigenvalue weighted by Crippen LogP contribution is -2.20. The molecule has 0 saturated heterocycles. The van der Waals surface area contributed by atoms with Crippen LogP contribution < -0.4 is 10.5 Å². The van der Waals surface area contributed by atoms with Crippen LogP contribution in [0.1, 0.15) is 12.5 Å². The number of benzene rings is 1. The summed E-state index contributed by atoms with van der Waals surface area (Å²) in [7, 11) is 0. The van der Waals surface area contributed by atoms with Gasteiger partial charge in [0.15, 0.2) is 6.61 Å². The summed E-state index contributed by atoms with van der Waals surface area (Å²) in [6, 6.07) is 8.57. The smallest absolute Gasteiger partial charge is 0.344 e. The van der Waals surface area contributed by atoms with Crippen molar-refractivity contribution in [3.8, 4) is 11.8 Å². The van der Waals surface area contributed by atoms with Crippen LogP contribution in [0.15, 0.2) is 24.3 Å². The Morgan fingerprint density at radius 2 is 2.33 bits per heavy atom. The first-order chi connectivity index (χ1) is 8.65. The van der Waals surface area contributed by atoms with Gasteiger partial charge in [-0.05, 0) is 24.6 Å². The van der Waals surface area contributed by atoms with Gasteiger partial charge in [0.1, 0.15) is 5.75 Å². The molecule has 0 amide bonds. The number of hydrogen-bond donors (Lipinski definition) is 1. The molecule has 96 valence electrons. The number of nitrogens with zero attached hydrogens (tertiary/aromatic N) is 1. The fourth-order valence-electron chi connectivity index (χ4n) is 1.41. The predicted molar refractivity (Wildman–Crippen MR) is 65.9 cm³/mol. The first kappa shape index (κ1) is 14.0. The zero-order valence-corrected chi connectivity index (χ0v) is 10.3. The Hall–Kier alpha value is -2.06. The summed E-state index contributed by atoms with van der Waals surface area (Å²) >= 11 is 0. The lowest BCUT2D eigenvalue weighted by Gasteiger charge is -2.08. The van der Waals surface area contributed by atoms with Gasteiger partial charge >= 0.3 is 5.97 Å². The molecule has 1 aromatic carbocycles. The quantitative estimate of drug-likeness (QED) is 0.760. The van der Waals surface area contributed by atoms with E-state index in [1.807, 2.05) is 12.1 Å². The third-order valence-electron chi connectivity index (χ3n) is 2.18. The third-order valence-corrected chi connectivity index (χ3v) is 2.18. The van der Waals surface area contributed by atoms with Crippen molar-refractivity contribution in [1.29, 1.82) is 5.26 Å². The standard InChI is InChI=1S/C13H16N2O3/c1-2-17-13(16)9-18-12-5-3-4-10(7-12)6-11(15)8-14/h3-5,7,11H,2,6,9,15H2,1H3. The maximum Gasteiger partial charge on any atom is 0.344 e. The number of esters is 1. The highest BCUT2D eigenvalue weighted by Gasteiger charge is 2.05. The molecule has 1 unspecified atom stereocenters. The van der Waals surface area contributed by atoms with Crippen molar-refractivity contribution in [3.05, 3.63) is 29.8 Å². The van der Waals surface area contributed by atoms with Gasteiger partial charge in [-0.1, -0.05) is 12.1 Å². The molecule has 0 fully saturated rings. The summed E-state index contributed by atoms with van der Waals surface area (Å²) in [6.45, 7) is 1.95. The Balaban J connectivity index is 2.54. The van der Waals surface area contributed by atoms with E-state index in [2.05, 4.69) is 0 Å². The predicted octanol–water partition coefficient (Wildman–Crippen LogP) is 1.02. The lowest BCUT2D eigenvalue weighted by atomic mass is 10.1.